The Balaban J connectivity index is 1.01. The summed E-state index contributed by atoms with van der Waals surface area (Å²) in [7, 11) is 1.69. The molecule has 1 aliphatic heterocycles. The van der Waals surface area contributed by atoms with Gasteiger partial charge in [0, 0.05) is 84.2 Å². The average molecular weight is 727 g/mol. The number of ether oxygens (including phenoxy) is 2. The Morgan fingerprint density at radius 1 is 1.12 bits per heavy atom. The van der Waals surface area contributed by atoms with Crippen molar-refractivity contribution in [2.24, 2.45) is 4.99 Å². The van der Waals surface area contributed by atoms with Crippen LogP contribution in [-0.4, -0.2) is 85.6 Å². The number of fused-ring (bicyclic) bond motifs is 1. The average Bonchev–Trinajstić information content (AvgIpc) is 3.56. The Morgan fingerprint density at radius 3 is 2.75 bits per heavy atom. The molecule has 0 radical (unpaired) electrons. The predicted molar refractivity (Wildman–Crippen MR) is 204 cm³/mol. The van der Waals surface area contributed by atoms with Gasteiger partial charge in [-0.05, 0) is 99.2 Å². The number of anilines is 1. The van der Waals surface area contributed by atoms with Crippen molar-refractivity contribution in [2.75, 3.05) is 57.9 Å². The van der Waals surface area contributed by atoms with E-state index in [4.69, 9.17) is 26.1 Å². The molecule has 52 heavy (non-hydrogen) atoms. The summed E-state index contributed by atoms with van der Waals surface area (Å²) in [6, 6.07) is 21.1. The van der Waals surface area contributed by atoms with Crippen LogP contribution in [0.4, 0.5) is 15.8 Å². The Kier molecular flexibility index (Phi) is 12.4. The van der Waals surface area contributed by atoms with Gasteiger partial charge in [0.05, 0.1) is 18.0 Å². The standard InChI is InChI=1S/C40H44ClFN6O4/c1-43-37-22-28(40(50)44-15-12-29-25-45-36-10-9-32(49)24-33(29)36)7-11-38(37)48(20-21-51-2)19-18-47-16-13-27(14-17-47)35-4-3-5-39(46-35)52-26-30-6-8-31(41)23-34(30)42/h3-11,22-25,27,45,49H,1,12-21,26H2,2H3,(H,44,50). The molecular weight excluding hydrogens is 683 g/mol. The van der Waals surface area contributed by atoms with E-state index in [2.05, 4.69) is 31.8 Å². The molecule has 3 aromatic carbocycles. The highest BCUT2D eigenvalue weighted by Gasteiger charge is 2.23. The number of nitrogens with zero attached hydrogens (tertiary/aromatic N) is 4. The maximum atomic E-state index is 14.2. The number of phenols is 1. The largest absolute Gasteiger partial charge is 0.508 e. The van der Waals surface area contributed by atoms with Crippen LogP contribution in [0.2, 0.25) is 5.02 Å². The second-order valence-electron chi connectivity index (χ2n) is 12.9. The Hall–Kier alpha value is -4.97. The topological polar surface area (TPSA) is 115 Å². The quantitative estimate of drug-likeness (QED) is 0.0916. The first-order chi connectivity index (χ1) is 25.3. The summed E-state index contributed by atoms with van der Waals surface area (Å²) in [6.07, 6.45) is 4.45. The number of likely N-dealkylation sites (tertiary alicyclic amines) is 1. The molecular formula is C40H44ClFN6O4. The number of amides is 1. The summed E-state index contributed by atoms with van der Waals surface area (Å²) in [4.78, 5) is 30.1. The lowest BCUT2D eigenvalue weighted by atomic mass is 9.93. The van der Waals surface area contributed by atoms with E-state index in [1.165, 1.54) is 6.07 Å². The van der Waals surface area contributed by atoms with Crippen LogP contribution >= 0.6 is 11.6 Å². The third-order valence-corrected chi connectivity index (χ3v) is 9.81. The van der Waals surface area contributed by atoms with E-state index in [1.54, 1.807) is 43.5 Å². The van der Waals surface area contributed by atoms with Crippen molar-refractivity contribution in [3.8, 4) is 11.6 Å². The summed E-state index contributed by atoms with van der Waals surface area (Å²) >= 11 is 5.87. The first-order valence-corrected chi connectivity index (χ1v) is 17.9. The highest BCUT2D eigenvalue weighted by Crippen LogP contribution is 2.31. The van der Waals surface area contributed by atoms with Gasteiger partial charge in [0.1, 0.15) is 18.2 Å². The van der Waals surface area contributed by atoms with Crippen LogP contribution in [0.5, 0.6) is 11.6 Å². The number of H-pyrrole nitrogens is 1. The number of benzene rings is 3. The number of hydrogen-bond donors (Lipinski definition) is 3. The van der Waals surface area contributed by atoms with Crippen LogP contribution in [0, 0.1) is 5.82 Å². The SMILES string of the molecule is C=Nc1cc(C(=O)NCCc2c[nH]c3ccc(O)cc23)ccc1N(CCOC)CCN1CCC(c2cccc(OCc3ccc(Cl)cc3F)n2)CC1. The first kappa shape index (κ1) is 36.8. The lowest BCUT2D eigenvalue weighted by molar-refractivity contribution is 0.0954. The lowest BCUT2D eigenvalue weighted by Crippen LogP contribution is -2.40. The number of nitrogens with one attached hydrogen (secondary N) is 2. The number of aliphatic imine (C=N–C) groups is 1. The number of aromatic amines is 1. The van der Waals surface area contributed by atoms with Gasteiger partial charge >= 0.3 is 0 Å². The molecule has 0 spiro atoms. The van der Waals surface area contributed by atoms with E-state index in [0.717, 1.165) is 66.9 Å². The van der Waals surface area contributed by atoms with Crippen molar-refractivity contribution in [3.05, 3.63) is 112 Å². The molecule has 6 rings (SSSR count). The summed E-state index contributed by atoms with van der Waals surface area (Å²) < 4.78 is 25.5. The van der Waals surface area contributed by atoms with E-state index >= 15 is 0 Å². The molecule has 0 saturated carbocycles. The Morgan fingerprint density at radius 2 is 1.96 bits per heavy atom. The number of piperidine rings is 1. The molecule has 5 aromatic rings. The number of pyridine rings is 1. The number of aromatic nitrogens is 2. The first-order valence-electron chi connectivity index (χ1n) is 17.5. The van der Waals surface area contributed by atoms with Gasteiger partial charge in [-0.3, -0.25) is 9.79 Å². The second-order valence-corrected chi connectivity index (χ2v) is 13.4. The molecule has 10 nitrogen and oxygen atoms in total. The van der Waals surface area contributed by atoms with Crippen molar-refractivity contribution in [1.82, 2.24) is 20.2 Å². The van der Waals surface area contributed by atoms with Crippen molar-refractivity contribution in [2.45, 2.75) is 31.8 Å². The summed E-state index contributed by atoms with van der Waals surface area (Å²) in [5.41, 5.74) is 5.43. The van der Waals surface area contributed by atoms with Crippen molar-refractivity contribution < 1.29 is 23.8 Å². The Bertz CT molecular complexity index is 2000. The minimum absolute atomic E-state index is 0.0797. The van der Waals surface area contributed by atoms with E-state index < -0.39 is 5.82 Å². The van der Waals surface area contributed by atoms with E-state index in [9.17, 15) is 14.3 Å². The molecule has 0 unspecified atom stereocenters. The maximum Gasteiger partial charge on any atom is 0.251 e. The summed E-state index contributed by atoms with van der Waals surface area (Å²) in [5, 5.41) is 14.2. The second kappa shape index (κ2) is 17.5. The van der Waals surface area contributed by atoms with Gasteiger partial charge < -0.3 is 34.7 Å². The van der Waals surface area contributed by atoms with Gasteiger partial charge in [-0.1, -0.05) is 23.7 Å². The number of methoxy groups -OCH3 is 1. The monoisotopic (exact) mass is 726 g/mol. The van der Waals surface area contributed by atoms with Crippen molar-refractivity contribution in [1.29, 1.82) is 0 Å². The highest BCUT2D eigenvalue weighted by atomic mass is 35.5. The number of hydrogen-bond acceptors (Lipinski definition) is 8. The molecule has 12 heteroatoms. The number of phenolic OH excluding ortho intramolecular Hbond substituents is 1. The molecule has 0 atom stereocenters. The zero-order chi connectivity index (χ0) is 36.5. The Labute approximate surface area is 308 Å². The lowest BCUT2D eigenvalue weighted by Gasteiger charge is -2.34. The summed E-state index contributed by atoms with van der Waals surface area (Å²) in [6.45, 7) is 8.99. The van der Waals surface area contributed by atoms with Crippen LogP contribution in [-0.2, 0) is 17.8 Å². The molecule has 0 bridgehead atoms. The highest BCUT2D eigenvalue weighted by molar-refractivity contribution is 6.30. The number of halogens is 2. The number of carbonyl (C=O) groups excluding carboxylic acids is 1. The van der Waals surface area contributed by atoms with Gasteiger partial charge in [-0.25, -0.2) is 9.37 Å². The maximum absolute atomic E-state index is 14.2. The van der Waals surface area contributed by atoms with Gasteiger partial charge in [0.25, 0.3) is 5.91 Å². The van der Waals surface area contributed by atoms with Crippen LogP contribution in [0.1, 0.15) is 45.9 Å². The molecule has 3 N–H and O–H groups in total. The smallest absolute Gasteiger partial charge is 0.251 e. The fourth-order valence-electron chi connectivity index (χ4n) is 6.64. The molecule has 1 saturated heterocycles. The zero-order valence-electron chi connectivity index (χ0n) is 29.3. The van der Waals surface area contributed by atoms with Crippen LogP contribution in [0.15, 0.2) is 84.0 Å². The fourth-order valence-corrected chi connectivity index (χ4v) is 6.80. The van der Waals surface area contributed by atoms with Crippen molar-refractivity contribution in [3.63, 3.8) is 0 Å². The number of aromatic hydroxyl groups is 1. The van der Waals surface area contributed by atoms with Gasteiger partial charge in [0.15, 0.2) is 0 Å². The van der Waals surface area contributed by atoms with E-state index in [-0.39, 0.29) is 18.3 Å². The third-order valence-electron chi connectivity index (χ3n) is 9.57. The van der Waals surface area contributed by atoms with Crippen LogP contribution in [0.25, 0.3) is 10.9 Å². The molecule has 0 aliphatic carbocycles. The van der Waals surface area contributed by atoms with E-state index in [1.807, 2.05) is 36.5 Å². The van der Waals surface area contributed by atoms with Crippen LogP contribution < -0.4 is 15.0 Å². The molecule has 3 heterocycles. The van der Waals surface area contributed by atoms with Crippen LogP contribution in [0.3, 0.4) is 0 Å². The fraction of sp³-hybridized carbons (Fsp3) is 0.325. The molecule has 2 aromatic heterocycles. The van der Waals surface area contributed by atoms with Gasteiger partial charge in [0.2, 0.25) is 5.88 Å². The van der Waals surface area contributed by atoms with E-state index in [0.29, 0.717) is 59.8 Å². The minimum atomic E-state index is -0.397. The van der Waals surface area contributed by atoms with Gasteiger partial charge in [-0.2, -0.15) is 0 Å². The predicted octanol–water partition coefficient (Wildman–Crippen LogP) is 7.28. The van der Waals surface area contributed by atoms with Crippen molar-refractivity contribution >= 4 is 46.5 Å². The zero-order valence-corrected chi connectivity index (χ0v) is 30.0. The number of carbonyl (C=O) groups is 1. The normalized spacial score (nSPS) is 13.7. The minimum Gasteiger partial charge on any atom is -0.508 e. The molecule has 1 fully saturated rings. The summed E-state index contributed by atoms with van der Waals surface area (Å²) in [5.74, 6) is 0.409. The third kappa shape index (κ3) is 9.27. The molecule has 272 valence electrons. The van der Waals surface area contributed by atoms with Gasteiger partial charge in [-0.15, -0.1) is 0 Å². The number of rotatable bonds is 16. The molecule has 1 amide bonds. The molecule has 1 aliphatic rings.